The van der Waals surface area contributed by atoms with E-state index in [2.05, 4.69) is 36.0 Å². The van der Waals surface area contributed by atoms with Crippen LogP contribution in [0.15, 0.2) is 0 Å². The van der Waals surface area contributed by atoms with E-state index in [1.165, 1.54) is 31.2 Å². The number of aryl methyl sites for hydroxylation is 1. The summed E-state index contributed by atoms with van der Waals surface area (Å²) >= 11 is 0. The maximum atomic E-state index is 4.79. The number of hydrogen-bond acceptors (Lipinski definition) is 4. The van der Waals surface area contributed by atoms with Gasteiger partial charge in [-0.25, -0.2) is 9.97 Å². The van der Waals surface area contributed by atoms with Gasteiger partial charge in [0.05, 0.1) is 0 Å². The Morgan fingerprint density at radius 2 is 1.89 bits per heavy atom. The average Bonchev–Trinajstić information content (AvgIpc) is 2.95. The van der Waals surface area contributed by atoms with Crippen LogP contribution in [-0.4, -0.2) is 29.6 Å². The maximum absolute atomic E-state index is 4.79. The van der Waals surface area contributed by atoms with Gasteiger partial charge in [-0.05, 0) is 26.7 Å². The summed E-state index contributed by atoms with van der Waals surface area (Å²) in [6.45, 7) is 7.48. The number of nitrogens with zero attached hydrogens (tertiary/aromatic N) is 3. The summed E-state index contributed by atoms with van der Waals surface area (Å²) in [7, 11) is 1.93. The smallest absolute Gasteiger partial charge is 0.137 e. The van der Waals surface area contributed by atoms with E-state index in [9.17, 15) is 0 Å². The van der Waals surface area contributed by atoms with Gasteiger partial charge in [0.1, 0.15) is 17.5 Å². The maximum Gasteiger partial charge on any atom is 0.137 e. The molecular formula is C15H26N4. The van der Waals surface area contributed by atoms with Crippen LogP contribution >= 0.6 is 0 Å². The second-order valence-electron chi connectivity index (χ2n) is 5.26. The fraction of sp³-hybridized carbons (Fsp3) is 0.733. The molecule has 1 aliphatic carbocycles. The van der Waals surface area contributed by atoms with E-state index in [1.807, 2.05) is 7.05 Å². The van der Waals surface area contributed by atoms with E-state index in [0.29, 0.717) is 6.04 Å². The molecule has 1 heterocycles. The summed E-state index contributed by atoms with van der Waals surface area (Å²) in [5.41, 5.74) is 1.17. The first-order valence-electron chi connectivity index (χ1n) is 7.53. The van der Waals surface area contributed by atoms with Crippen LogP contribution in [0.2, 0.25) is 0 Å². The van der Waals surface area contributed by atoms with Crippen molar-refractivity contribution in [3.8, 4) is 0 Å². The molecule has 0 aromatic carbocycles. The van der Waals surface area contributed by atoms with E-state index < -0.39 is 0 Å². The van der Waals surface area contributed by atoms with E-state index >= 15 is 0 Å². The Bertz CT molecular complexity index is 424. The van der Waals surface area contributed by atoms with Crippen LogP contribution in [0.1, 0.15) is 50.9 Å². The number of aromatic nitrogens is 2. The number of rotatable bonds is 5. The quantitative estimate of drug-likeness (QED) is 0.885. The molecule has 1 saturated carbocycles. The first-order valence-corrected chi connectivity index (χ1v) is 7.53. The van der Waals surface area contributed by atoms with Crippen LogP contribution in [0.3, 0.4) is 0 Å². The summed E-state index contributed by atoms with van der Waals surface area (Å²) < 4.78 is 0. The summed E-state index contributed by atoms with van der Waals surface area (Å²) in [5, 5.41) is 3.20. The van der Waals surface area contributed by atoms with E-state index in [0.717, 1.165) is 30.4 Å². The summed E-state index contributed by atoms with van der Waals surface area (Å²) in [6, 6.07) is 0.660. The largest absolute Gasteiger partial charge is 0.373 e. The average molecular weight is 262 g/mol. The summed E-state index contributed by atoms with van der Waals surface area (Å²) in [5.74, 6) is 3.03. The summed E-state index contributed by atoms with van der Waals surface area (Å²) in [4.78, 5) is 11.8. The molecule has 4 heteroatoms. The van der Waals surface area contributed by atoms with Crippen LogP contribution in [-0.2, 0) is 6.42 Å². The van der Waals surface area contributed by atoms with Crippen molar-refractivity contribution in [2.75, 3.05) is 23.8 Å². The second-order valence-corrected chi connectivity index (χ2v) is 5.26. The minimum Gasteiger partial charge on any atom is -0.373 e. The fourth-order valence-corrected chi connectivity index (χ4v) is 3.03. The first-order chi connectivity index (χ1) is 9.21. The van der Waals surface area contributed by atoms with Crippen LogP contribution in [0, 0.1) is 6.92 Å². The van der Waals surface area contributed by atoms with Crippen molar-refractivity contribution >= 4 is 11.6 Å². The second kappa shape index (κ2) is 6.22. The van der Waals surface area contributed by atoms with Gasteiger partial charge in [-0.3, -0.25) is 0 Å². The molecule has 4 nitrogen and oxygen atoms in total. The van der Waals surface area contributed by atoms with Crippen LogP contribution in [0.25, 0.3) is 0 Å². The van der Waals surface area contributed by atoms with Crippen molar-refractivity contribution in [2.24, 2.45) is 0 Å². The number of hydrogen-bond donors (Lipinski definition) is 1. The van der Waals surface area contributed by atoms with Gasteiger partial charge < -0.3 is 10.2 Å². The van der Waals surface area contributed by atoms with Gasteiger partial charge in [0.15, 0.2) is 0 Å². The molecule has 0 unspecified atom stereocenters. The Kier molecular flexibility index (Phi) is 4.61. The number of nitrogens with one attached hydrogen (secondary N) is 1. The van der Waals surface area contributed by atoms with Gasteiger partial charge >= 0.3 is 0 Å². The minimum absolute atomic E-state index is 0.660. The molecule has 1 aromatic heterocycles. The van der Waals surface area contributed by atoms with E-state index in [-0.39, 0.29) is 0 Å². The molecule has 0 aliphatic heterocycles. The SMILES string of the molecule is CCc1nc(NC)c(C)c(N(CC)C2CCCC2)n1. The predicted molar refractivity (Wildman–Crippen MR) is 81.0 cm³/mol. The zero-order valence-corrected chi connectivity index (χ0v) is 12.7. The third-order valence-electron chi connectivity index (χ3n) is 4.10. The molecule has 0 spiro atoms. The van der Waals surface area contributed by atoms with Crippen LogP contribution in [0.5, 0.6) is 0 Å². The zero-order chi connectivity index (χ0) is 13.8. The molecular weight excluding hydrogens is 236 g/mol. The van der Waals surface area contributed by atoms with Crippen molar-refractivity contribution < 1.29 is 0 Å². The zero-order valence-electron chi connectivity index (χ0n) is 12.7. The van der Waals surface area contributed by atoms with E-state index in [1.54, 1.807) is 0 Å². The molecule has 2 rings (SSSR count). The first kappa shape index (κ1) is 14.1. The minimum atomic E-state index is 0.660. The van der Waals surface area contributed by atoms with Crippen molar-refractivity contribution in [3.05, 3.63) is 11.4 Å². The van der Waals surface area contributed by atoms with Gasteiger partial charge in [0, 0.05) is 31.6 Å². The lowest BCUT2D eigenvalue weighted by atomic mass is 10.2. The van der Waals surface area contributed by atoms with Gasteiger partial charge in [-0.1, -0.05) is 19.8 Å². The van der Waals surface area contributed by atoms with Crippen LogP contribution in [0.4, 0.5) is 11.6 Å². The van der Waals surface area contributed by atoms with Gasteiger partial charge in [-0.2, -0.15) is 0 Å². The van der Waals surface area contributed by atoms with Crippen molar-refractivity contribution in [1.29, 1.82) is 0 Å². The lowest BCUT2D eigenvalue weighted by molar-refractivity contribution is 0.609. The molecule has 0 bridgehead atoms. The highest BCUT2D eigenvalue weighted by atomic mass is 15.2. The molecule has 106 valence electrons. The van der Waals surface area contributed by atoms with Gasteiger partial charge in [0.25, 0.3) is 0 Å². The van der Waals surface area contributed by atoms with Crippen molar-refractivity contribution in [2.45, 2.75) is 58.9 Å². The molecule has 1 aliphatic rings. The van der Waals surface area contributed by atoms with E-state index in [4.69, 9.17) is 4.98 Å². The molecule has 0 atom stereocenters. The lowest BCUT2D eigenvalue weighted by Crippen LogP contribution is -2.34. The topological polar surface area (TPSA) is 41.1 Å². The molecule has 0 radical (unpaired) electrons. The highest BCUT2D eigenvalue weighted by molar-refractivity contribution is 5.59. The molecule has 1 N–H and O–H groups in total. The predicted octanol–water partition coefficient (Wildman–Crippen LogP) is 3.16. The molecule has 19 heavy (non-hydrogen) atoms. The Balaban J connectivity index is 2.39. The van der Waals surface area contributed by atoms with Gasteiger partial charge in [0.2, 0.25) is 0 Å². The monoisotopic (exact) mass is 262 g/mol. The molecule has 0 amide bonds. The number of anilines is 2. The van der Waals surface area contributed by atoms with Gasteiger partial charge in [-0.15, -0.1) is 0 Å². The molecule has 0 saturated heterocycles. The lowest BCUT2D eigenvalue weighted by Gasteiger charge is -2.30. The van der Waals surface area contributed by atoms with Crippen molar-refractivity contribution in [3.63, 3.8) is 0 Å². The highest BCUT2D eigenvalue weighted by Gasteiger charge is 2.25. The molecule has 1 aromatic rings. The Labute approximate surface area is 116 Å². The molecule has 1 fully saturated rings. The van der Waals surface area contributed by atoms with Crippen molar-refractivity contribution in [1.82, 2.24) is 9.97 Å². The highest BCUT2D eigenvalue weighted by Crippen LogP contribution is 2.31. The Hall–Kier alpha value is -1.32. The van der Waals surface area contributed by atoms with Crippen LogP contribution < -0.4 is 10.2 Å². The summed E-state index contributed by atoms with van der Waals surface area (Å²) in [6.07, 6.45) is 6.18. The fourth-order valence-electron chi connectivity index (χ4n) is 3.03. The standard InChI is InChI=1S/C15H26N4/c1-5-13-17-14(16-4)11(3)15(18-13)19(6-2)12-9-7-8-10-12/h12H,5-10H2,1-4H3,(H,16,17,18). The normalized spacial score (nSPS) is 15.8. The third-order valence-corrected chi connectivity index (χ3v) is 4.10. The Morgan fingerprint density at radius 1 is 1.21 bits per heavy atom. The Morgan fingerprint density at radius 3 is 2.42 bits per heavy atom. The third kappa shape index (κ3) is 2.82.